The van der Waals surface area contributed by atoms with Crippen molar-refractivity contribution in [3.8, 4) is 0 Å². The molecule has 3 rings (SSSR count). The molecule has 0 atom stereocenters. The number of rotatable bonds is 4. The van der Waals surface area contributed by atoms with E-state index in [1.54, 1.807) is 30.6 Å². The molecule has 2 aromatic heterocycles. The summed E-state index contributed by atoms with van der Waals surface area (Å²) in [7, 11) is 0. The van der Waals surface area contributed by atoms with Crippen LogP contribution in [0.2, 0.25) is 0 Å². The van der Waals surface area contributed by atoms with Crippen LogP contribution in [0.15, 0.2) is 48.9 Å². The summed E-state index contributed by atoms with van der Waals surface area (Å²) in [4.78, 5) is 24.1. The Morgan fingerprint density at radius 3 is 2.76 bits per heavy atom. The van der Waals surface area contributed by atoms with E-state index in [4.69, 9.17) is 5.73 Å². The van der Waals surface area contributed by atoms with Gasteiger partial charge in [-0.25, -0.2) is 4.98 Å². The van der Waals surface area contributed by atoms with Gasteiger partial charge in [-0.1, -0.05) is 6.07 Å². The molecule has 5 nitrogen and oxygen atoms in total. The summed E-state index contributed by atoms with van der Waals surface area (Å²) in [5.74, 6) is -0.459. The van der Waals surface area contributed by atoms with Crippen molar-refractivity contribution in [1.29, 1.82) is 0 Å². The van der Waals surface area contributed by atoms with Gasteiger partial charge in [0.1, 0.15) is 0 Å². The van der Waals surface area contributed by atoms with E-state index < -0.39 is 5.91 Å². The van der Waals surface area contributed by atoms with E-state index in [9.17, 15) is 4.79 Å². The van der Waals surface area contributed by atoms with Crippen LogP contribution in [0.25, 0.3) is 11.0 Å². The average molecular weight is 278 g/mol. The lowest BCUT2D eigenvalue weighted by Gasteiger charge is -2.04. The Kier molecular flexibility index (Phi) is 3.55. The van der Waals surface area contributed by atoms with Crippen molar-refractivity contribution in [2.24, 2.45) is 5.73 Å². The van der Waals surface area contributed by atoms with E-state index in [0.717, 1.165) is 24.1 Å². The highest BCUT2D eigenvalue weighted by Crippen LogP contribution is 2.13. The van der Waals surface area contributed by atoms with E-state index in [1.165, 1.54) is 5.56 Å². The second-order valence-electron chi connectivity index (χ2n) is 4.79. The molecule has 21 heavy (non-hydrogen) atoms. The first kappa shape index (κ1) is 13.2. The molecule has 104 valence electrons. The van der Waals surface area contributed by atoms with E-state index in [1.807, 2.05) is 18.3 Å². The second kappa shape index (κ2) is 5.66. The Balaban J connectivity index is 1.81. The predicted molar refractivity (Wildman–Crippen MR) is 79.7 cm³/mol. The first-order chi connectivity index (χ1) is 10.2. The lowest BCUT2D eigenvalue weighted by atomic mass is 10.1. The highest BCUT2D eigenvalue weighted by molar-refractivity contribution is 5.96. The molecule has 5 heteroatoms. The van der Waals surface area contributed by atoms with Gasteiger partial charge in [0.2, 0.25) is 5.91 Å². The summed E-state index contributed by atoms with van der Waals surface area (Å²) in [6, 6.07) is 9.07. The highest BCUT2D eigenvalue weighted by Gasteiger charge is 2.05. The van der Waals surface area contributed by atoms with Gasteiger partial charge in [-0.2, -0.15) is 0 Å². The van der Waals surface area contributed by atoms with Crippen molar-refractivity contribution < 1.29 is 4.79 Å². The van der Waals surface area contributed by atoms with Crippen LogP contribution >= 0.6 is 0 Å². The zero-order valence-electron chi connectivity index (χ0n) is 11.4. The van der Waals surface area contributed by atoms with Crippen LogP contribution < -0.4 is 5.73 Å². The van der Waals surface area contributed by atoms with Gasteiger partial charge in [-0.15, -0.1) is 0 Å². The topological polar surface area (TPSA) is 81.8 Å². The summed E-state index contributed by atoms with van der Waals surface area (Å²) in [5.41, 5.74) is 9.23. The van der Waals surface area contributed by atoms with E-state index in [2.05, 4.69) is 15.0 Å². The fourth-order valence-corrected chi connectivity index (χ4v) is 2.14. The van der Waals surface area contributed by atoms with Crippen molar-refractivity contribution in [2.45, 2.75) is 12.8 Å². The van der Waals surface area contributed by atoms with Gasteiger partial charge in [0.25, 0.3) is 0 Å². The van der Waals surface area contributed by atoms with Crippen molar-refractivity contribution in [3.63, 3.8) is 0 Å². The molecule has 0 spiro atoms. The number of hydrogen-bond acceptors (Lipinski definition) is 4. The Morgan fingerprint density at radius 2 is 2.00 bits per heavy atom. The maximum Gasteiger partial charge on any atom is 0.248 e. The molecule has 0 fully saturated rings. The lowest BCUT2D eigenvalue weighted by Crippen LogP contribution is -2.10. The smallest absolute Gasteiger partial charge is 0.248 e. The number of aryl methyl sites for hydroxylation is 2. The van der Waals surface area contributed by atoms with Crippen LogP contribution in [0.1, 0.15) is 21.6 Å². The van der Waals surface area contributed by atoms with Crippen LogP contribution in [0.5, 0.6) is 0 Å². The van der Waals surface area contributed by atoms with E-state index >= 15 is 0 Å². The fraction of sp³-hybridized carbons (Fsp3) is 0.125. The third-order valence-corrected chi connectivity index (χ3v) is 3.27. The van der Waals surface area contributed by atoms with Gasteiger partial charge in [-0.3, -0.25) is 14.8 Å². The first-order valence-corrected chi connectivity index (χ1v) is 6.67. The molecular weight excluding hydrogens is 264 g/mol. The molecule has 0 bridgehead atoms. The molecule has 0 aliphatic carbocycles. The van der Waals surface area contributed by atoms with Crippen molar-refractivity contribution in [1.82, 2.24) is 15.0 Å². The Hall–Kier alpha value is -2.82. The first-order valence-electron chi connectivity index (χ1n) is 6.67. The summed E-state index contributed by atoms with van der Waals surface area (Å²) in [6.07, 6.45) is 7.02. The third kappa shape index (κ3) is 3.02. The van der Waals surface area contributed by atoms with Gasteiger partial charge < -0.3 is 5.73 Å². The van der Waals surface area contributed by atoms with E-state index in [-0.39, 0.29) is 0 Å². The number of carbonyl (C=O) groups excluding carboxylic acids is 1. The quantitative estimate of drug-likeness (QED) is 0.790. The number of nitrogens with zero attached hydrogens (tertiary/aromatic N) is 3. The molecule has 3 aromatic rings. The summed E-state index contributed by atoms with van der Waals surface area (Å²) in [5, 5.41) is 0. The largest absolute Gasteiger partial charge is 0.366 e. The number of benzene rings is 1. The van der Waals surface area contributed by atoms with Crippen molar-refractivity contribution in [2.75, 3.05) is 0 Å². The highest BCUT2D eigenvalue weighted by atomic mass is 16.1. The van der Waals surface area contributed by atoms with Crippen LogP contribution in [0, 0.1) is 0 Å². The second-order valence-corrected chi connectivity index (χ2v) is 4.79. The Morgan fingerprint density at radius 1 is 1.10 bits per heavy atom. The SMILES string of the molecule is NC(=O)c1ccc2nc(CCc3cccnc3)cnc2c1. The third-order valence-electron chi connectivity index (χ3n) is 3.27. The average Bonchev–Trinajstić information content (AvgIpc) is 2.53. The van der Waals surface area contributed by atoms with Gasteiger partial charge in [0.05, 0.1) is 16.7 Å². The minimum absolute atomic E-state index is 0.444. The predicted octanol–water partition coefficient (Wildman–Crippen LogP) is 1.91. The molecule has 2 N–H and O–H groups in total. The zero-order valence-corrected chi connectivity index (χ0v) is 11.4. The fourth-order valence-electron chi connectivity index (χ4n) is 2.14. The Labute approximate surface area is 121 Å². The molecule has 0 unspecified atom stereocenters. The number of amides is 1. The molecule has 0 saturated carbocycles. The minimum Gasteiger partial charge on any atom is -0.366 e. The maximum absolute atomic E-state index is 11.1. The molecule has 0 aliphatic rings. The molecular formula is C16H14N4O. The number of aromatic nitrogens is 3. The molecule has 1 amide bonds. The van der Waals surface area contributed by atoms with Gasteiger partial charge in [0.15, 0.2) is 0 Å². The van der Waals surface area contributed by atoms with Crippen molar-refractivity contribution in [3.05, 3.63) is 65.7 Å². The van der Waals surface area contributed by atoms with Crippen LogP contribution in [-0.4, -0.2) is 20.9 Å². The molecule has 1 aromatic carbocycles. The van der Waals surface area contributed by atoms with E-state index in [0.29, 0.717) is 11.1 Å². The normalized spacial score (nSPS) is 10.7. The van der Waals surface area contributed by atoms with Gasteiger partial charge >= 0.3 is 0 Å². The lowest BCUT2D eigenvalue weighted by molar-refractivity contribution is 0.100. The zero-order chi connectivity index (χ0) is 14.7. The van der Waals surface area contributed by atoms with Crippen molar-refractivity contribution >= 4 is 16.9 Å². The van der Waals surface area contributed by atoms with Gasteiger partial charge in [0, 0.05) is 24.2 Å². The Bertz CT molecular complexity index is 787. The standard InChI is InChI=1S/C16H14N4O/c17-16(21)12-4-6-14-15(8-12)19-10-13(20-14)5-3-11-2-1-7-18-9-11/h1-2,4,6-10H,3,5H2,(H2,17,21). The summed E-state index contributed by atoms with van der Waals surface area (Å²) >= 11 is 0. The summed E-state index contributed by atoms with van der Waals surface area (Å²) in [6.45, 7) is 0. The number of primary amides is 1. The molecule has 0 saturated heterocycles. The van der Waals surface area contributed by atoms with Crippen LogP contribution in [0.3, 0.4) is 0 Å². The van der Waals surface area contributed by atoms with Gasteiger partial charge in [-0.05, 0) is 42.7 Å². The summed E-state index contributed by atoms with van der Waals surface area (Å²) < 4.78 is 0. The number of pyridine rings is 1. The van der Waals surface area contributed by atoms with Crippen LogP contribution in [0.4, 0.5) is 0 Å². The number of nitrogens with two attached hydrogens (primary N) is 1. The maximum atomic E-state index is 11.1. The number of hydrogen-bond donors (Lipinski definition) is 1. The van der Waals surface area contributed by atoms with Crippen LogP contribution in [-0.2, 0) is 12.8 Å². The monoisotopic (exact) mass is 278 g/mol. The minimum atomic E-state index is -0.459. The molecule has 2 heterocycles. The molecule has 0 aliphatic heterocycles. The number of fused-ring (bicyclic) bond motifs is 1. The molecule has 0 radical (unpaired) electrons. The number of carbonyl (C=O) groups is 1.